The van der Waals surface area contributed by atoms with Gasteiger partial charge in [-0.15, -0.1) is 0 Å². The fourth-order valence-electron chi connectivity index (χ4n) is 3.84. The normalized spacial score (nSPS) is 13.8. The van der Waals surface area contributed by atoms with Crippen LogP contribution in [0.5, 0.6) is 5.75 Å². The molecule has 0 spiro atoms. The van der Waals surface area contributed by atoms with Crippen molar-refractivity contribution < 1.29 is 9.47 Å². The molecule has 4 rings (SSSR count). The number of anilines is 3. The number of halogens is 1. The minimum atomic E-state index is -0.0703. The zero-order valence-electron chi connectivity index (χ0n) is 18.4. The molecule has 3 aromatic rings. The molecule has 164 valence electrons. The lowest BCUT2D eigenvalue weighted by Gasteiger charge is -2.18. The SMILES string of the molecule is COCc1cc(OC)c(Nc2nccc(-c3cc(C#N)c4c(c3)C(C)(C)CN4)n2)cc1Cl. The molecule has 0 unspecified atom stereocenters. The largest absolute Gasteiger partial charge is 0.495 e. The van der Waals surface area contributed by atoms with Crippen LogP contribution in [0.1, 0.15) is 30.5 Å². The second-order valence-electron chi connectivity index (χ2n) is 8.26. The molecule has 0 fully saturated rings. The number of fused-ring (bicyclic) bond motifs is 1. The van der Waals surface area contributed by atoms with Crippen LogP contribution < -0.4 is 15.4 Å². The number of hydrogen-bond acceptors (Lipinski definition) is 7. The minimum absolute atomic E-state index is 0.0703. The van der Waals surface area contributed by atoms with E-state index in [2.05, 4.69) is 46.6 Å². The van der Waals surface area contributed by atoms with Crippen LogP contribution in [0.2, 0.25) is 5.02 Å². The first-order valence-corrected chi connectivity index (χ1v) is 10.5. The Hall–Kier alpha value is -3.34. The molecular weight excluding hydrogens is 426 g/mol. The van der Waals surface area contributed by atoms with Gasteiger partial charge in [0, 0.05) is 41.4 Å². The average molecular weight is 450 g/mol. The number of ether oxygens (including phenoxy) is 2. The highest BCUT2D eigenvalue weighted by molar-refractivity contribution is 6.31. The van der Waals surface area contributed by atoms with Crippen LogP contribution in [0.25, 0.3) is 11.3 Å². The third-order valence-corrected chi connectivity index (χ3v) is 5.91. The van der Waals surface area contributed by atoms with Crippen LogP contribution in [-0.4, -0.2) is 30.7 Å². The molecule has 7 nitrogen and oxygen atoms in total. The summed E-state index contributed by atoms with van der Waals surface area (Å²) in [6, 6.07) is 11.7. The Kier molecular flexibility index (Phi) is 5.92. The summed E-state index contributed by atoms with van der Waals surface area (Å²) in [5, 5.41) is 16.8. The maximum Gasteiger partial charge on any atom is 0.227 e. The van der Waals surface area contributed by atoms with Crippen molar-refractivity contribution in [2.24, 2.45) is 0 Å². The van der Waals surface area contributed by atoms with Crippen molar-refractivity contribution >= 4 is 28.9 Å². The summed E-state index contributed by atoms with van der Waals surface area (Å²) in [4.78, 5) is 9.02. The lowest BCUT2D eigenvalue weighted by molar-refractivity contribution is 0.184. The van der Waals surface area contributed by atoms with Crippen molar-refractivity contribution in [3.8, 4) is 23.1 Å². The van der Waals surface area contributed by atoms with Crippen LogP contribution >= 0.6 is 11.6 Å². The molecule has 0 amide bonds. The molecule has 2 N–H and O–H groups in total. The maximum absolute atomic E-state index is 9.67. The summed E-state index contributed by atoms with van der Waals surface area (Å²) in [6.07, 6.45) is 1.68. The quantitative estimate of drug-likeness (QED) is 0.529. The van der Waals surface area contributed by atoms with E-state index in [9.17, 15) is 5.26 Å². The van der Waals surface area contributed by atoms with E-state index < -0.39 is 0 Å². The van der Waals surface area contributed by atoms with Gasteiger partial charge in [-0.3, -0.25) is 0 Å². The maximum atomic E-state index is 9.67. The Bertz CT molecular complexity index is 1220. The predicted molar refractivity (Wildman–Crippen MR) is 126 cm³/mol. The van der Waals surface area contributed by atoms with Gasteiger partial charge in [0.15, 0.2) is 0 Å². The monoisotopic (exact) mass is 449 g/mol. The van der Waals surface area contributed by atoms with Gasteiger partial charge >= 0.3 is 0 Å². The fraction of sp³-hybridized carbons (Fsp3) is 0.292. The first-order valence-electron chi connectivity index (χ1n) is 10.1. The van der Waals surface area contributed by atoms with Crippen LogP contribution in [-0.2, 0) is 16.8 Å². The number of rotatable bonds is 6. The first-order chi connectivity index (χ1) is 15.4. The van der Waals surface area contributed by atoms with Gasteiger partial charge in [-0.1, -0.05) is 25.4 Å². The Labute approximate surface area is 192 Å². The Morgan fingerprint density at radius 1 is 1.25 bits per heavy atom. The molecule has 8 heteroatoms. The topological polar surface area (TPSA) is 92.1 Å². The van der Waals surface area contributed by atoms with Crippen LogP contribution in [0, 0.1) is 11.3 Å². The van der Waals surface area contributed by atoms with E-state index >= 15 is 0 Å². The summed E-state index contributed by atoms with van der Waals surface area (Å²) >= 11 is 6.39. The molecule has 0 atom stereocenters. The molecule has 0 saturated carbocycles. The second-order valence-corrected chi connectivity index (χ2v) is 8.67. The fourth-order valence-corrected chi connectivity index (χ4v) is 4.05. The third kappa shape index (κ3) is 4.07. The number of methoxy groups -OCH3 is 2. The molecule has 0 saturated heterocycles. The molecule has 2 heterocycles. The van der Waals surface area contributed by atoms with E-state index in [1.807, 2.05) is 18.2 Å². The number of nitrogens with one attached hydrogen (secondary N) is 2. The second kappa shape index (κ2) is 8.65. The van der Waals surface area contributed by atoms with Crippen molar-refractivity contribution in [3.05, 3.63) is 58.2 Å². The average Bonchev–Trinajstić information content (AvgIpc) is 3.10. The van der Waals surface area contributed by atoms with E-state index in [4.69, 9.17) is 21.1 Å². The predicted octanol–water partition coefficient (Wildman–Crippen LogP) is 5.27. The number of nitrogens with zero attached hydrogens (tertiary/aromatic N) is 3. The van der Waals surface area contributed by atoms with Gasteiger partial charge in [0.2, 0.25) is 5.95 Å². The number of aromatic nitrogens is 2. The molecule has 1 aliphatic rings. The van der Waals surface area contributed by atoms with Crippen LogP contribution in [0.15, 0.2) is 36.5 Å². The summed E-state index contributed by atoms with van der Waals surface area (Å²) in [5.41, 5.74) is 5.60. The zero-order valence-corrected chi connectivity index (χ0v) is 19.2. The Balaban J connectivity index is 1.71. The highest BCUT2D eigenvalue weighted by atomic mass is 35.5. The highest BCUT2D eigenvalue weighted by Crippen LogP contribution is 2.41. The van der Waals surface area contributed by atoms with E-state index in [1.54, 1.807) is 26.5 Å². The highest BCUT2D eigenvalue weighted by Gasteiger charge is 2.32. The van der Waals surface area contributed by atoms with Gasteiger partial charge in [0.1, 0.15) is 11.8 Å². The smallest absolute Gasteiger partial charge is 0.227 e. The summed E-state index contributed by atoms with van der Waals surface area (Å²) in [5.74, 6) is 1.00. The lowest BCUT2D eigenvalue weighted by Crippen LogP contribution is -2.18. The van der Waals surface area contributed by atoms with E-state index in [-0.39, 0.29) is 5.41 Å². The molecular formula is C24H24ClN5O2. The summed E-state index contributed by atoms with van der Waals surface area (Å²) in [6.45, 7) is 5.49. The molecule has 1 aliphatic heterocycles. The Morgan fingerprint density at radius 3 is 2.78 bits per heavy atom. The van der Waals surface area contributed by atoms with Gasteiger partial charge in [0.25, 0.3) is 0 Å². The number of benzene rings is 2. The van der Waals surface area contributed by atoms with Gasteiger partial charge in [-0.2, -0.15) is 5.26 Å². The standard InChI is InChI=1S/C24H24ClN5O2/c1-24(2)13-28-22-15(11-26)7-14(8-17(22)24)19-5-6-27-23(29-19)30-20-10-18(25)16(12-31-3)9-21(20)32-4/h5-10,28H,12-13H2,1-4H3,(H,27,29,30). The molecule has 0 bridgehead atoms. The molecule has 0 radical (unpaired) electrons. The van der Waals surface area contributed by atoms with E-state index in [0.717, 1.165) is 28.9 Å². The molecule has 0 aliphatic carbocycles. The van der Waals surface area contributed by atoms with E-state index in [1.165, 1.54) is 0 Å². The van der Waals surface area contributed by atoms with Gasteiger partial charge in [-0.05, 0) is 35.9 Å². The minimum Gasteiger partial charge on any atom is -0.495 e. The lowest BCUT2D eigenvalue weighted by atomic mass is 9.85. The van der Waals surface area contributed by atoms with Crippen LogP contribution in [0.3, 0.4) is 0 Å². The van der Waals surface area contributed by atoms with Gasteiger partial charge in [0.05, 0.1) is 36.3 Å². The Morgan fingerprint density at radius 2 is 2.06 bits per heavy atom. The number of nitriles is 1. The van der Waals surface area contributed by atoms with Crippen molar-refractivity contribution in [2.45, 2.75) is 25.9 Å². The van der Waals surface area contributed by atoms with Gasteiger partial charge < -0.3 is 20.1 Å². The zero-order chi connectivity index (χ0) is 22.9. The van der Waals surface area contributed by atoms with Gasteiger partial charge in [-0.25, -0.2) is 9.97 Å². The number of hydrogen-bond donors (Lipinski definition) is 2. The summed E-state index contributed by atoms with van der Waals surface area (Å²) in [7, 11) is 3.20. The molecule has 1 aromatic heterocycles. The van der Waals surface area contributed by atoms with Crippen molar-refractivity contribution in [2.75, 3.05) is 31.4 Å². The summed E-state index contributed by atoms with van der Waals surface area (Å²) < 4.78 is 10.7. The first kappa shape index (κ1) is 21.9. The van der Waals surface area contributed by atoms with E-state index in [0.29, 0.717) is 40.3 Å². The third-order valence-electron chi connectivity index (χ3n) is 5.56. The molecule has 2 aromatic carbocycles. The van der Waals surface area contributed by atoms with Crippen LogP contribution in [0.4, 0.5) is 17.3 Å². The van der Waals surface area contributed by atoms with Crippen molar-refractivity contribution in [1.29, 1.82) is 5.26 Å². The molecule has 32 heavy (non-hydrogen) atoms. The van der Waals surface area contributed by atoms with Crippen molar-refractivity contribution in [1.82, 2.24) is 9.97 Å². The van der Waals surface area contributed by atoms with Crippen molar-refractivity contribution in [3.63, 3.8) is 0 Å².